The Morgan fingerprint density at radius 2 is 1.89 bits per heavy atom. The summed E-state index contributed by atoms with van der Waals surface area (Å²) >= 11 is 0. The summed E-state index contributed by atoms with van der Waals surface area (Å²) in [6.45, 7) is 1.95. The number of nitro benzene ring substituents is 1. The van der Waals surface area contributed by atoms with Gasteiger partial charge in [0.25, 0.3) is 5.69 Å². The molecule has 0 amide bonds. The Balaban J connectivity index is 2.09. The van der Waals surface area contributed by atoms with Crippen molar-refractivity contribution in [3.63, 3.8) is 0 Å². The van der Waals surface area contributed by atoms with Crippen molar-refractivity contribution in [2.45, 2.75) is 6.92 Å². The number of pyridine rings is 1. The third kappa shape index (κ3) is 1.93. The van der Waals surface area contributed by atoms with E-state index in [4.69, 9.17) is 0 Å². The maximum atomic E-state index is 10.6. The van der Waals surface area contributed by atoms with E-state index < -0.39 is 4.92 Å². The maximum Gasteiger partial charge on any atom is 0.269 e. The summed E-state index contributed by atoms with van der Waals surface area (Å²) in [4.78, 5) is 14.6. The predicted molar refractivity (Wildman–Crippen MR) is 69.8 cm³/mol. The van der Waals surface area contributed by atoms with Crippen molar-refractivity contribution in [3.05, 3.63) is 58.3 Å². The first-order valence-electron chi connectivity index (χ1n) is 5.72. The highest BCUT2D eigenvalue weighted by molar-refractivity contribution is 5.60. The molecule has 0 bridgehead atoms. The lowest BCUT2D eigenvalue weighted by molar-refractivity contribution is -0.384. The second-order valence-electron chi connectivity index (χ2n) is 4.18. The van der Waals surface area contributed by atoms with Gasteiger partial charge in [-0.2, -0.15) is 0 Å². The van der Waals surface area contributed by atoms with Crippen LogP contribution in [0.1, 0.15) is 5.69 Å². The van der Waals surface area contributed by atoms with E-state index in [1.807, 2.05) is 25.1 Å². The highest BCUT2D eigenvalue weighted by Crippen LogP contribution is 2.20. The molecular formula is C13H10N4O2. The number of aryl methyl sites for hydroxylation is 1. The number of nitrogens with zero attached hydrogens (tertiary/aromatic N) is 4. The van der Waals surface area contributed by atoms with Crippen LogP contribution < -0.4 is 0 Å². The molecule has 0 saturated carbocycles. The fourth-order valence-corrected chi connectivity index (χ4v) is 1.89. The summed E-state index contributed by atoms with van der Waals surface area (Å²) in [5, 5.41) is 15.0. The fraction of sp³-hybridized carbons (Fsp3) is 0.0769. The molecule has 3 aromatic rings. The summed E-state index contributed by atoms with van der Waals surface area (Å²) in [5.41, 5.74) is 2.56. The van der Waals surface area contributed by atoms with E-state index in [1.54, 1.807) is 16.6 Å². The molecule has 6 nitrogen and oxygen atoms in total. The van der Waals surface area contributed by atoms with Gasteiger partial charge in [-0.3, -0.25) is 10.1 Å². The van der Waals surface area contributed by atoms with Crippen molar-refractivity contribution in [2.75, 3.05) is 0 Å². The van der Waals surface area contributed by atoms with E-state index in [0.29, 0.717) is 5.82 Å². The van der Waals surface area contributed by atoms with Gasteiger partial charge in [-0.05, 0) is 31.2 Å². The minimum atomic E-state index is -0.426. The van der Waals surface area contributed by atoms with Crippen molar-refractivity contribution in [2.24, 2.45) is 0 Å². The molecule has 94 valence electrons. The second kappa shape index (κ2) is 4.16. The van der Waals surface area contributed by atoms with Crippen LogP contribution in [0.15, 0.2) is 42.5 Å². The van der Waals surface area contributed by atoms with Gasteiger partial charge in [-0.1, -0.05) is 6.07 Å². The van der Waals surface area contributed by atoms with Crippen LogP contribution in [0.4, 0.5) is 5.69 Å². The van der Waals surface area contributed by atoms with Crippen molar-refractivity contribution in [1.29, 1.82) is 0 Å². The molecule has 0 radical (unpaired) electrons. The van der Waals surface area contributed by atoms with Crippen LogP contribution in [0.25, 0.3) is 17.0 Å². The molecule has 2 heterocycles. The summed E-state index contributed by atoms with van der Waals surface area (Å²) < 4.78 is 1.75. The van der Waals surface area contributed by atoms with Gasteiger partial charge >= 0.3 is 0 Å². The van der Waals surface area contributed by atoms with Gasteiger partial charge in [-0.15, -0.1) is 5.10 Å². The van der Waals surface area contributed by atoms with Crippen LogP contribution in [0.2, 0.25) is 0 Å². The average Bonchev–Trinajstić information content (AvgIpc) is 2.84. The van der Waals surface area contributed by atoms with Crippen LogP contribution in [-0.2, 0) is 0 Å². The van der Waals surface area contributed by atoms with Gasteiger partial charge in [0, 0.05) is 23.4 Å². The molecule has 1 aromatic carbocycles. The minimum Gasteiger partial charge on any atom is -0.258 e. The first kappa shape index (κ1) is 11.3. The highest BCUT2D eigenvalue weighted by Gasteiger charge is 2.09. The zero-order chi connectivity index (χ0) is 13.4. The SMILES string of the molecule is Cc1cccc2nc(-c3ccc([N+](=O)[O-])cc3)nn12. The zero-order valence-electron chi connectivity index (χ0n) is 10.1. The number of non-ortho nitro benzene ring substituents is 1. The molecule has 19 heavy (non-hydrogen) atoms. The van der Waals surface area contributed by atoms with Crippen molar-refractivity contribution in [1.82, 2.24) is 14.6 Å². The molecule has 0 aliphatic heterocycles. The maximum absolute atomic E-state index is 10.6. The standard InChI is InChI=1S/C13H10N4O2/c1-9-3-2-4-12-14-13(15-16(9)12)10-5-7-11(8-6-10)17(18)19/h2-8H,1H3. The molecule has 0 aliphatic carbocycles. The van der Waals surface area contributed by atoms with Gasteiger partial charge in [0.05, 0.1) is 4.92 Å². The van der Waals surface area contributed by atoms with E-state index >= 15 is 0 Å². The topological polar surface area (TPSA) is 73.3 Å². The monoisotopic (exact) mass is 254 g/mol. The van der Waals surface area contributed by atoms with Crippen molar-refractivity contribution >= 4 is 11.3 Å². The Hall–Kier alpha value is -2.76. The lowest BCUT2D eigenvalue weighted by Crippen LogP contribution is -1.92. The predicted octanol–water partition coefficient (Wildman–Crippen LogP) is 2.61. The van der Waals surface area contributed by atoms with E-state index in [1.165, 1.54) is 12.1 Å². The number of aromatic nitrogens is 3. The molecule has 0 spiro atoms. The van der Waals surface area contributed by atoms with Crippen molar-refractivity contribution < 1.29 is 4.92 Å². The Kier molecular flexibility index (Phi) is 2.49. The van der Waals surface area contributed by atoms with Gasteiger partial charge in [0.2, 0.25) is 0 Å². The smallest absolute Gasteiger partial charge is 0.258 e. The largest absolute Gasteiger partial charge is 0.269 e. The Labute approximate surface area is 108 Å². The summed E-state index contributed by atoms with van der Waals surface area (Å²) in [6.07, 6.45) is 0. The molecule has 3 rings (SSSR count). The Morgan fingerprint density at radius 1 is 1.16 bits per heavy atom. The zero-order valence-corrected chi connectivity index (χ0v) is 10.1. The van der Waals surface area contributed by atoms with E-state index in [9.17, 15) is 10.1 Å². The summed E-state index contributed by atoms with van der Waals surface area (Å²) in [5.74, 6) is 0.559. The normalized spacial score (nSPS) is 10.8. The Bertz CT molecular complexity index is 762. The first-order chi connectivity index (χ1) is 9.15. The van der Waals surface area contributed by atoms with Crippen molar-refractivity contribution in [3.8, 4) is 11.4 Å². The van der Waals surface area contributed by atoms with Gasteiger partial charge in [0.15, 0.2) is 11.5 Å². The molecular weight excluding hydrogens is 244 g/mol. The quantitative estimate of drug-likeness (QED) is 0.520. The lowest BCUT2D eigenvalue weighted by Gasteiger charge is -1.95. The molecule has 0 unspecified atom stereocenters. The van der Waals surface area contributed by atoms with E-state index in [2.05, 4.69) is 10.1 Å². The summed E-state index contributed by atoms with van der Waals surface area (Å²) in [6, 6.07) is 11.9. The van der Waals surface area contributed by atoms with Gasteiger partial charge in [-0.25, -0.2) is 9.50 Å². The number of benzene rings is 1. The Morgan fingerprint density at radius 3 is 2.53 bits per heavy atom. The van der Waals surface area contributed by atoms with E-state index in [-0.39, 0.29) is 5.69 Å². The molecule has 6 heteroatoms. The average molecular weight is 254 g/mol. The lowest BCUT2D eigenvalue weighted by atomic mass is 10.2. The van der Waals surface area contributed by atoms with E-state index in [0.717, 1.165) is 16.9 Å². The fourth-order valence-electron chi connectivity index (χ4n) is 1.89. The summed E-state index contributed by atoms with van der Waals surface area (Å²) in [7, 11) is 0. The highest BCUT2D eigenvalue weighted by atomic mass is 16.6. The van der Waals surface area contributed by atoms with Crippen LogP contribution in [0.3, 0.4) is 0 Å². The third-order valence-electron chi connectivity index (χ3n) is 2.89. The molecule has 0 atom stereocenters. The molecule has 2 aromatic heterocycles. The molecule has 0 saturated heterocycles. The number of hydrogen-bond acceptors (Lipinski definition) is 4. The van der Waals surface area contributed by atoms with Gasteiger partial charge < -0.3 is 0 Å². The second-order valence-corrected chi connectivity index (χ2v) is 4.18. The van der Waals surface area contributed by atoms with Crippen LogP contribution in [0.5, 0.6) is 0 Å². The number of nitro groups is 1. The molecule has 0 aliphatic rings. The minimum absolute atomic E-state index is 0.0590. The number of hydrogen-bond donors (Lipinski definition) is 0. The molecule has 0 fully saturated rings. The van der Waals surface area contributed by atoms with Crippen LogP contribution in [-0.4, -0.2) is 19.5 Å². The molecule has 0 N–H and O–H groups in total. The number of fused-ring (bicyclic) bond motifs is 1. The van der Waals surface area contributed by atoms with Crippen LogP contribution >= 0.6 is 0 Å². The third-order valence-corrected chi connectivity index (χ3v) is 2.89. The van der Waals surface area contributed by atoms with Crippen LogP contribution in [0, 0.1) is 17.0 Å². The number of rotatable bonds is 2. The van der Waals surface area contributed by atoms with Gasteiger partial charge in [0.1, 0.15) is 0 Å². The first-order valence-corrected chi connectivity index (χ1v) is 5.72.